The van der Waals surface area contributed by atoms with Gasteiger partial charge in [-0.1, -0.05) is 11.6 Å². The molecule has 20 heavy (non-hydrogen) atoms. The van der Waals surface area contributed by atoms with Crippen LogP contribution in [0.3, 0.4) is 0 Å². The van der Waals surface area contributed by atoms with Gasteiger partial charge < -0.3 is 14.8 Å². The summed E-state index contributed by atoms with van der Waals surface area (Å²) in [6.45, 7) is 2.21. The van der Waals surface area contributed by atoms with Crippen LogP contribution in [0.2, 0.25) is 5.02 Å². The highest BCUT2D eigenvalue weighted by Crippen LogP contribution is 2.39. The van der Waals surface area contributed by atoms with Crippen molar-refractivity contribution in [2.45, 2.75) is 6.92 Å². The Balaban J connectivity index is 2.00. The highest BCUT2D eigenvalue weighted by atomic mass is 35.5. The van der Waals surface area contributed by atoms with Gasteiger partial charge in [0.25, 0.3) is 0 Å². The largest absolute Gasteiger partial charge is 0.454 e. The standard InChI is InChI=1S/C14H13ClN2O3/c1-9(6-16)7-17-13(18)3-2-10-4-11(15)14-12(5-10)19-8-20-14/h2-5,9H,7-8H2,1H3,(H,17,18). The lowest BCUT2D eigenvalue weighted by molar-refractivity contribution is -0.116. The fourth-order valence-corrected chi connectivity index (χ4v) is 1.89. The first-order valence-corrected chi connectivity index (χ1v) is 6.42. The Labute approximate surface area is 121 Å². The number of carbonyl (C=O) groups excluding carboxylic acids is 1. The predicted octanol–water partition coefficient (Wildman–Crippen LogP) is 2.36. The Morgan fingerprint density at radius 2 is 2.40 bits per heavy atom. The number of hydrogen-bond acceptors (Lipinski definition) is 4. The van der Waals surface area contributed by atoms with Crippen LogP contribution in [0.5, 0.6) is 11.5 Å². The van der Waals surface area contributed by atoms with Crippen molar-refractivity contribution in [3.63, 3.8) is 0 Å². The molecule has 0 bridgehead atoms. The van der Waals surface area contributed by atoms with E-state index >= 15 is 0 Å². The van der Waals surface area contributed by atoms with Gasteiger partial charge in [0.05, 0.1) is 17.0 Å². The Morgan fingerprint density at radius 1 is 1.60 bits per heavy atom. The average molecular weight is 293 g/mol. The maximum Gasteiger partial charge on any atom is 0.244 e. The van der Waals surface area contributed by atoms with E-state index < -0.39 is 0 Å². The molecule has 0 fully saturated rings. The molecule has 1 aromatic rings. The van der Waals surface area contributed by atoms with Crippen LogP contribution in [-0.4, -0.2) is 19.2 Å². The third-order valence-electron chi connectivity index (χ3n) is 2.68. The second-order valence-electron chi connectivity index (χ2n) is 4.35. The number of hydrogen-bond donors (Lipinski definition) is 1. The van der Waals surface area contributed by atoms with Crippen LogP contribution in [0.25, 0.3) is 6.08 Å². The third-order valence-corrected chi connectivity index (χ3v) is 2.96. The summed E-state index contributed by atoms with van der Waals surface area (Å²) in [6.07, 6.45) is 3.01. The molecule has 1 aromatic carbocycles. The highest BCUT2D eigenvalue weighted by molar-refractivity contribution is 6.32. The van der Waals surface area contributed by atoms with E-state index in [1.54, 1.807) is 25.1 Å². The molecule has 1 amide bonds. The molecule has 1 aliphatic heterocycles. The number of carbonyl (C=O) groups is 1. The van der Waals surface area contributed by atoms with Gasteiger partial charge in [-0.2, -0.15) is 5.26 Å². The van der Waals surface area contributed by atoms with Gasteiger partial charge in [-0.25, -0.2) is 0 Å². The van der Waals surface area contributed by atoms with Gasteiger partial charge in [0, 0.05) is 12.6 Å². The number of nitrogens with one attached hydrogen (secondary N) is 1. The van der Waals surface area contributed by atoms with Gasteiger partial charge >= 0.3 is 0 Å². The normalized spacial score (nSPS) is 14.1. The maximum absolute atomic E-state index is 11.6. The number of rotatable bonds is 4. The van der Waals surface area contributed by atoms with Gasteiger partial charge in [-0.3, -0.25) is 4.79 Å². The number of amides is 1. The van der Waals surface area contributed by atoms with E-state index in [0.29, 0.717) is 23.1 Å². The summed E-state index contributed by atoms with van der Waals surface area (Å²) in [5.41, 5.74) is 0.739. The maximum atomic E-state index is 11.6. The summed E-state index contributed by atoms with van der Waals surface area (Å²) in [5, 5.41) is 11.7. The monoisotopic (exact) mass is 292 g/mol. The first-order valence-electron chi connectivity index (χ1n) is 6.05. The van der Waals surface area contributed by atoms with Crippen molar-refractivity contribution < 1.29 is 14.3 Å². The van der Waals surface area contributed by atoms with Crippen LogP contribution >= 0.6 is 11.6 Å². The molecule has 1 unspecified atom stereocenters. The van der Waals surface area contributed by atoms with E-state index in [0.717, 1.165) is 5.56 Å². The molecular weight excluding hydrogens is 280 g/mol. The van der Waals surface area contributed by atoms with Crippen molar-refractivity contribution >= 4 is 23.6 Å². The molecule has 0 saturated heterocycles. The van der Waals surface area contributed by atoms with Crippen molar-refractivity contribution in [2.24, 2.45) is 5.92 Å². The number of benzene rings is 1. The van der Waals surface area contributed by atoms with E-state index in [4.69, 9.17) is 26.3 Å². The molecule has 1 N–H and O–H groups in total. The summed E-state index contributed by atoms with van der Waals surface area (Å²) >= 11 is 6.04. The molecule has 1 aliphatic rings. The Morgan fingerprint density at radius 3 is 3.15 bits per heavy atom. The molecule has 5 nitrogen and oxygen atoms in total. The minimum absolute atomic E-state index is 0.148. The summed E-state index contributed by atoms with van der Waals surface area (Å²) < 4.78 is 10.4. The predicted molar refractivity (Wildman–Crippen MR) is 74.4 cm³/mol. The second-order valence-corrected chi connectivity index (χ2v) is 4.75. The molecule has 0 aromatic heterocycles. The van der Waals surface area contributed by atoms with Gasteiger partial charge in [0.15, 0.2) is 11.5 Å². The molecule has 0 spiro atoms. The lowest BCUT2D eigenvalue weighted by atomic mass is 10.2. The van der Waals surface area contributed by atoms with Crippen LogP contribution in [-0.2, 0) is 4.79 Å². The molecule has 0 saturated carbocycles. The minimum atomic E-state index is -0.263. The SMILES string of the molecule is CC(C#N)CNC(=O)C=Cc1cc(Cl)c2c(c1)OCO2. The zero-order valence-corrected chi connectivity index (χ0v) is 11.6. The summed E-state index contributed by atoms with van der Waals surface area (Å²) in [6, 6.07) is 5.48. The molecule has 6 heteroatoms. The third kappa shape index (κ3) is 3.43. The van der Waals surface area contributed by atoms with Gasteiger partial charge in [0.1, 0.15) is 0 Å². The topological polar surface area (TPSA) is 71.4 Å². The number of fused-ring (bicyclic) bond motifs is 1. The summed E-state index contributed by atoms with van der Waals surface area (Å²) in [5.74, 6) is 0.611. The van der Waals surface area contributed by atoms with Gasteiger partial charge in [-0.15, -0.1) is 0 Å². The molecule has 0 radical (unpaired) electrons. The van der Waals surface area contributed by atoms with Crippen molar-refractivity contribution in [1.82, 2.24) is 5.32 Å². The quantitative estimate of drug-likeness (QED) is 0.865. The van der Waals surface area contributed by atoms with E-state index in [-0.39, 0.29) is 18.6 Å². The Hall–Kier alpha value is -2.19. The zero-order valence-electron chi connectivity index (χ0n) is 10.9. The van der Waals surface area contributed by atoms with Gasteiger partial charge in [0.2, 0.25) is 12.7 Å². The highest BCUT2D eigenvalue weighted by Gasteiger charge is 2.17. The number of nitrogens with zero attached hydrogens (tertiary/aromatic N) is 1. The molecular formula is C14H13ClN2O3. The van der Waals surface area contributed by atoms with Crippen molar-refractivity contribution in [3.8, 4) is 17.6 Å². The Bertz CT molecular complexity index is 593. The minimum Gasteiger partial charge on any atom is -0.454 e. The lowest BCUT2D eigenvalue weighted by Gasteiger charge is -2.03. The van der Waals surface area contributed by atoms with E-state index in [1.807, 2.05) is 6.07 Å². The first-order chi connectivity index (χ1) is 9.60. The fourth-order valence-electron chi connectivity index (χ4n) is 1.61. The molecule has 2 rings (SSSR count). The molecule has 1 heterocycles. The van der Waals surface area contributed by atoms with Crippen molar-refractivity contribution in [2.75, 3.05) is 13.3 Å². The van der Waals surface area contributed by atoms with Crippen molar-refractivity contribution in [3.05, 3.63) is 28.8 Å². The lowest BCUT2D eigenvalue weighted by Crippen LogP contribution is -2.25. The number of ether oxygens (including phenoxy) is 2. The summed E-state index contributed by atoms with van der Waals surface area (Å²) in [7, 11) is 0. The average Bonchev–Trinajstić information content (AvgIpc) is 2.91. The van der Waals surface area contributed by atoms with E-state index in [1.165, 1.54) is 6.08 Å². The number of nitriles is 1. The van der Waals surface area contributed by atoms with Crippen LogP contribution in [0.15, 0.2) is 18.2 Å². The summed E-state index contributed by atoms with van der Waals surface area (Å²) in [4.78, 5) is 11.6. The molecule has 104 valence electrons. The number of halogens is 1. The zero-order chi connectivity index (χ0) is 14.5. The Kier molecular flexibility index (Phi) is 4.49. The fraction of sp³-hybridized carbons (Fsp3) is 0.286. The van der Waals surface area contributed by atoms with Crippen LogP contribution in [0.1, 0.15) is 12.5 Å². The van der Waals surface area contributed by atoms with E-state index in [2.05, 4.69) is 5.32 Å². The van der Waals surface area contributed by atoms with Crippen molar-refractivity contribution in [1.29, 1.82) is 5.26 Å². The second kappa shape index (κ2) is 6.31. The smallest absolute Gasteiger partial charge is 0.244 e. The van der Waals surface area contributed by atoms with E-state index in [9.17, 15) is 4.79 Å². The van der Waals surface area contributed by atoms with Crippen LogP contribution in [0.4, 0.5) is 0 Å². The van der Waals surface area contributed by atoms with Gasteiger partial charge in [-0.05, 0) is 30.7 Å². The van der Waals surface area contributed by atoms with Crippen LogP contribution < -0.4 is 14.8 Å². The van der Waals surface area contributed by atoms with Crippen LogP contribution in [0, 0.1) is 17.2 Å². The first kappa shape index (κ1) is 14.2. The molecule has 1 atom stereocenters. The molecule has 0 aliphatic carbocycles.